The van der Waals surface area contributed by atoms with Gasteiger partial charge in [0.1, 0.15) is 0 Å². The summed E-state index contributed by atoms with van der Waals surface area (Å²) in [7, 11) is 0. The molecule has 0 aromatic heterocycles. The number of nitrogens with two attached hydrogens (primary N) is 7. The number of nitrogens with zero attached hydrogens (tertiary/aromatic N) is 6. The summed E-state index contributed by atoms with van der Waals surface area (Å²) in [5.74, 6) is 0. The standard InChI is InChI=1S/C39H93N13/c1-2-3-22-47(25-10-15-40)26-11-27-48(28-12-31-50(34-16-41)35-17-42)23-8-6-4-5-7-9-24-49(29-13-32-51(36-18-43)37-19-44)30-14-33-52(38-20-45)39-21-46/h2-46H2,1H3. The van der Waals surface area contributed by atoms with E-state index in [4.69, 9.17) is 40.1 Å². The Bertz CT molecular complexity index is 645. The molecule has 0 heterocycles. The van der Waals surface area contributed by atoms with Crippen LogP contribution in [0.4, 0.5) is 0 Å². The van der Waals surface area contributed by atoms with Crippen LogP contribution >= 0.6 is 0 Å². The molecule has 0 atom stereocenters. The molecule has 0 spiro atoms. The Morgan fingerprint density at radius 3 is 0.673 bits per heavy atom. The van der Waals surface area contributed by atoms with Crippen LogP contribution in [0.3, 0.4) is 0 Å². The van der Waals surface area contributed by atoms with E-state index < -0.39 is 0 Å². The van der Waals surface area contributed by atoms with Crippen LogP contribution in [-0.4, -0.2) is 193 Å². The van der Waals surface area contributed by atoms with Gasteiger partial charge < -0.3 is 69.5 Å². The highest BCUT2D eigenvalue weighted by Crippen LogP contribution is 2.10. The number of hydrogen-bond acceptors (Lipinski definition) is 13. The predicted octanol–water partition coefficient (Wildman–Crippen LogP) is 0.600. The molecule has 0 aromatic rings. The van der Waals surface area contributed by atoms with Crippen molar-refractivity contribution in [3.05, 3.63) is 0 Å². The lowest BCUT2D eigenvalue weighted by atomic mass is 10.1. The molecule has 0 aliphatic carbocycles. The molecule has 0 aliphatic heterocycles. The molecule has 0 aliphatic rings. The second-order valence-electron chi connectivity index (χ2n) is 14.8. The Morgan fingerprint density at radius 2 is 0.423 bits per heavy atom. The molecule has 314 valence electrons. The zero-order valence-electron chi connectivity index (χ0n) is 34.6. The fourth-order valence-electron chi connectivity index (χ4n) is 7.25. The molecule has 0 amide bonds. The molecule has 0 saturated carbocycles. The van der Waals surface area contributed by atoms with Crippen molar-refractivity contribution in [3.8, 4) is 0 Å². The third kappa shape index (κ3) is 31.8. The van der Waals surface area contributed by atoms with Crippen LogP contribution in [0.15, 0.2) is 0 Å². The van der Waals surface area contributed by atoms with E-state index in [1.807, 2.05) is 0 Å². The van der Waals surface area contributed by atoms with Crippen molar-refractivity contribution in [1.29, 1.82) is 0 Å². The first kappa shape index (κ1) is 51.5. The molecule has 0 unspecified atom stereocenters. The van der Waals surface area contributed by atoms with Gasteiger partial charge in [-0.2, -0.15) is 0 Å². The normalized spacial score (nSPS) is 12.3. The van der Waals surface area contributed by atoms with E-state index in [0.717, 1.165) is 111 Å². The molecule has 0 radical (unpaired) electrons. The lowest BCUT2D eigenvalue weighted by Gasteiger charge is -2.27. The van der Waals surface area contributed by atoms with E-state index in [0.29, 0.717) is 39.3 Å². The maximum absolute atomic E-state index is 5.86. The Kier molecular flexibility index (Phi) is 39.8. The quantitative estimate of drug-likeness (QED) is 0.0429. The van der Waals surface area contributed by atoms with Crippen LogP contribution < -0.4 is 40.1 Å². The summed E-state index contributed by atoms with van der Waals surface area (Å²) in [6.45, 7) is 26.5. The van der Waals surface area contributed by atoms with Gasteiger partial charge in [0.15, 0.2) is 0 Å². The average molecular weight is 744 g/mol. The van der Waals surface area contributed by atoms with Gasteiger partial charge in [-0.1, -0.05) is 39.0 Å². The summed E-state index contributed by atoms with van der Waals surface area (Å²) < 4.78 is 0. The predicted molar refractivity (Wildman–Crippen MR) is 228 cm³/mol. The van der Waals surface area contributed by atoms with Crippen LogP contribution in [0.5, 0.6) is 0 Å². The van der Waals surface area contributed by atoms with Crippen molar-refractivity contribution in [2.45, 2.75) is 90.4 Å². The second kappa shape index (κ2) is 40.2. The lowest BCUT2D eigenvalue weighted by Crippen LogP contribution is -2.38. The van der Waals surface area contributed by atoms with E-state index in [1.165, 1.54) is 96.9 Å². The molecule has 52 heavy (non-hydrogen) atoms. The lowest BCUT2D eigenvalue weighted by molar-refractivity contribution is 0.205. The zero-order chi connectivity index (χ0) is 38.3. The monoisotopic (exact) mass is 744 g/mol. The smallest absolute Gasteiger partial charge is 0.0105 e. The summed E-state index contributed by atoms with van der Waals surface area (Å²) in [5.41, 5.74) is 41.0. The highest BCUT2D eigenvalue weighted by atomic mass is 15.2. The minimum Gasteiger partial charge on any atom is -0.330 e. The number of unbranched alkanes of at least 4 members (excludes halogenated alkanes) is 6. The third-order valence-corrected chi connectivity index (χ3v) is 10.2. The van der Waals surface area contributed by atoms with Gasteiger partial charge in [0.2, 0.25) is 0 Å². The van der Waals surface area contributed by atoms with Crippen molar-refractivity contribution < 1.29 is 0 Å². The Balaban J connectivity index is 4.80. The molecule has 13 heteroatoms. The Hall–Kier alpha value is -0.520. The molecular formula is C39H93N13. The first-order chi connectivity index (χ1) is 25.5. The summed E-state index contributed by atoms with van der Waals surface area (Å²) in [6.07, 6.45) is 16.2. The van der Waals surface area contributed by atoms with Gasteiger partial charge in [0.25, 0.3) is 0 Å². The molecule has 0 fully saturated rings. The first-order valence-corrected chi connectivity index (χ1v) is 21.8. The highest BCUT2D eigenvalue weighted by Gasteiger charge is 2.12. The Morgan fingerprint density at radius 1 is 0.212 bits per heavy atom. The molecule has 0 rings (SSSR count). The van der Waals surface area contributed by atoms with Crippen molar-refractivity contribution >= 4 is 0 Å². The minimum atomic E-state index is 0.691. The van der Waals surface area contributed by atoms with Crippen LogP contribution in [0, 0.1) is 0 Å². The van der Waals surface area contributed by atoms with Gasteiger partial charge in [-0.3, -0.25) is 0 Å². The Labute approximate surface area is 323 Å². The summed E-state index contributed by atoms with van der Waals surface area (Å²) in [5, 5.41) is 0. The van der Waals surface area contributed by atoms with Gasteiger partial charge in [0, 0.05) is 78.5 Å². The molecule has 0 saturated heterocycles. The maximum Gasteiger partial charge on any atom is 0.0105 e. The molecular weight excluding hydrogens is 651 g/mol. The van der Waals surface area contributed by atoms with E-state index in [-0.39, 0.29) is 0 Å². The fourth-order valence-corrected chi connectivity index (χ4v) is 7.25. The van der Waals surface area contributed by atoms with E-state index in [1.54, 1.807) is 0 Å². The van der Waals surface area contributed by atoms with Gasteiger partial charge in [-0.25, -0.2) is 0 Å². The molecule has 14 N–H and O–H groups in total. The van der Waals surface area contributed by atoms with Crippen LogP contribution in [0.25, 0.3) is 0 Å². The van der Waals surface area contributed by atoms with Gasteiger partial charge in [-0.15, -0.1) is 0 Å². The molecule has 0 bridgehead atoms. The SMILES string of the molecule is CCCCN(CCCN)CCCN(CCCCCCCCN(CCCN(CCN)CCN)CCCN(CCN)CCN)CCCN(CCN)CCN. The third-order valence-electron chi connectivity index (χ3n) is 10.2. The fraction of sp³-hybridized carbons (Fsp3) is 1.00. The summed E-state index contributed by atoms with van der Waals surface area (Å²) in [6, 6.07) is 0. The summed E-state index contributed by atoms with van der Waals surface area (Å²) >= 11 is 0. The first-order valence-electron chi connectivity index (χ1n) is 21.8. The van der Waals surface area contributed by atoms with Crippen molar-refractivity contribution in [2.24, 2.45) is 40.1 Å². The van der Waals surface area contributed by atoms with Crippen molar-refractivity contribution in [3.63, 3.8) is 0 Å². The van der Waals surface area contributed by atoms with E-state index >= 15 is 0 Å². The van der Waals surface area contributed by atoms with Crippen LogP contribution in [0.1, 0.15) is 90.4 Å². The van der Waals surface area contributed by atoms with E-state index in [2.05, 4.69) is 36.3 Å². The number of rotatable bonds is 43. The summed E-state index contributed by atoms with van der Waals surface area (Å²) in [4.78, 5) is 15.3. The molecule has 13 nitrogen and oxygen atoms in total. The maximum atomic E-state index is 5.86. The van der Waals surface area contributed by atoms with Crippen LogP contribution in [-0.2, 0) is 0 Å². The van der Waals surface area contributed by atoms with Crippen molar-refractivity contribution in [1.82, 2.24) is 29.4 Å². The molecule has 0 aromatic carbocycles. The second-order valence-corrected chi connectivity index (χ2v) is 14.8. The largest absolute Gasteiger partial charge is 0.330 e. The van der Waals surface area contributed by atoms with Gasteiger partial charge in [-0.05, 0) is 136 Å². The highest BCUT2D eigenvalue weighted by molar-refractivity contribution is 4.68. The van der Waals surface area contributed by atoms with E-state index in [9.17, 15) is 0 Å². The average Bonchev–Trinajstić information content (AvgIpc) is 3.13. The van der Waals surface area contributed by atoms with Crippen molar-refractivity contribution in [2.75, 3.05) is 164 Å². The topological polar surface area (TPSA) is 202 Å². The van der Waals surface area contributed by atoms with Gasteiger partial charge in [0.05, 0.1) is 0 Å². The zero-order valence-corrected chi connectivity index (χ0v) is 34.6. The number of hydrogen-bond donors (Lipinski definition) is 7. The van der Waals surface area contributed by atoms with Gasteiger partial charge >= 0.3 is 0 Å². The minimum absolute atomic E-state index is 0.691. The van der Waals surface area contributed by atoms with Crippen LogP contribution in [0.2, 0.25) is 0 Å².